The third-order valence-corrected chi connectivity index (χ3v) is 5.28. The van der Waals surface area contributed by atoms with E-state index in [4.69, 9.17) is 0 Å². The monoisotopic (exact) mass is 372 g/mol. The van der Waals surface area contributed by atoms with E-state index in [9.17, 15) is 21.6 Å². The molecule has 1 atom stereocenters. The summed E-state index contributed by atoms with van der Waals surface area (Å²) in [5, 5.41) is 3.22. The Hall–Kier alpha value is -0.830. The van der Waals surface area contributed by atoms with Crippen LogP contribution in [0.25, 0.3) is 0 Å². The van der Waals surface area contributed by atoms with E-state index >= 15 is 0 Å². The Bertz CT molecular complexity index is 612. The summed E-state index contributed by atoms with van der Waals surface area (Å²) < 4.78 is 64.3. The lowest BCUT2D eigenvalue weighted by molar-refractivity contribution is -0.137. The standard InChI is InChI=1S/C14H19F3N2O2S.ClH/c1-13(7-2-8-18-9-13)10-19-22(20,21)12-5-3-11(4-6-12)14(15,16)17;/h3-6,18-19H,2,7-10H2,1H3;1H. The Morgan fingerprint density at radius 2 is 1.87 bits per heavy atom. The van der Waals surface area contributed by atoms with E-state index in [0.29, 0.717) is 6.54 Å². The minimum Gasteiger partial charge on any atom is -0.316 e. The number of halogens is 4. The van der Waals surface area contributed by atoms with Crippen LogP contribution in [0.4, 0.5) is 13.2 Å². The van der Waals surface area contributed by atoms with Crippen molar-refractivity contribution in [3.63, 3.8) is 0 Å². The predicted molar refractivity (Wildman–Crippen MR) is 84.1 cm³/mol. The van der Waals surface area contributed by atoms with Crippen molar-refractivity contribution in [2.24, 2.45) is 5.41 Å². The topological polar surface area (TPSA) is 58.2 Å². The van der Waals surface area contributed by atoms with E-state index < -0.39 is 21.8 Å². The van der Waals surface area contributed by atoms with Crippen LogP contribution < -0.4 is 10.0 Å². The van der Waals surface area contributed by atoms with Gasteiger partial charge in [0.15, 0.2) is 0 Å². The number of sulfonamides is 1. The molecule has 9 heteroatoms. The molecule has 1 unspecified atom stereocenters. The number of hydrogen-bond acceptors (Lipinski definition) is 3. The first-order chi connectivity index (χ1) is 10.1. The Kier molecular flexibility index (Phi) is 6.48. The van der Waals surface area contributed by atoms with Crippen LogP contribution in [0, 0.1) is 5.41 Å². The van der Waals surface area contributed by atoms with Gasteiger partial charge in [0.05, 0.1) is 10.5 Å². The summed E-state index contributed by atoms with van der Waals surface area (Å²) in [7, 11) is -3.81. The lowest BCUT2D eigenvalue weighted by Crippen LogP contribution is -2.45. The lowest BCUT2D eigenvalue weighted by atomic mass is 9.83. The molecule has 0 aliphatic carbocycles. The van der Waals surface area contributed by atoms with Crippen molar-refractivity contribution in [2.45, 2.75) is 30.8 Å². The first kappa shape index (κ1) is 20.2. The second-order valence-electron chi connectivity index (χ2n) is 5.94. The quantitative estimate of drug-likeness (QED) is 0.854. The first-order valence-electron chi connectivity index (χ1n) is 7.00. The third-order valence-electron chi connectivity index (χ3n) is 3.87. The minimum absolute atomic E-state index is 0. The summed E-state index contributed by atoms with van der Waals surface area (Å²) in [5.41, 5.74) is -1.05. The molecule has 0 amide bonds. The zero-order valence-electron chi connectivity index (χ0n) is 12.6. The highest BCUT2D eigenvalue weighted by Crippen LogP contribution is 2.30. The van der Waals surface area contributed by atoms with Crippen LogP contribution in [0.5, 0.6) is 0 Å². The Morgan fingerprint density at radius 3 is 2.35 bits per heavy atom. The highest BCUT2D eigenvalue weighted by atomic mass is 35.5. The van der Waals surface area contributed by atoms with Gasteiger partial charge in [0.25, 0.3) is 0 Å². The van der Waals surface area contributed by atoms with E-state index in [2.05, 4.69) is 10.0 Å². The van der Waals surface area contributed by atoms with Crippen LogP contribution in [-0.4, -0.2) is 28.1 Å². The van der Waals surface area contributed by atoms with Gasteiger partial charge in [0, 0.05) is 13.1 Å². The molecule has 1 heterocycles. The van der Waals surface area contributed by atoms with Crippen molar-refractivity contribution < 1.29 is 21.6 Å². The molecule has 2 rings (SSSR count). The molecule has 1 aromatic rings. The highest BCUT2D eigenvalue weighted by molar-refractivity contribution is 7.89. The average molecular weight is 373 g/mol. The number of nitrogens with one attached hydrogen (secondary N) is 2. The van der Waals surface area contributed by atoms with Crippen molar-refractivity contribution in [1.82, 2.24) is 10.0 Å². The van der Waals surface area contributed by atoms with Crippen LogP contribution in [0.3, 0.4) is 0 Å². The van der Waals surface area contributed by atoms with Gasteiger partial charge in [-0.2, -0.15) is 13.2 Å². The molecule has 1 aliphatic heterocycles. The fourth-order valence-corrected chi connectivity index (χ4v) is 3.64. The third kappa shape index (κ3) is 5.34. The maximum atomic E-state index is 12.5. The molecule has 1 aromatic carbocycles. The van der Waals surface area contributed by atoms with Crippen molar-refractivity contribution in [3.8, 4) is 0 Å². The van der Waals surface area contributed by atoms with Crippen molar-refractivity contribution in [3.05, 3.63) is 29.8 Å². The molecular formula is C14H20ClF3N2O2S. The summed E-state index contributed by atoms with van der Waals surface area (Å²) in [6.07, 6.45) is -2.61. The summed E-state index contributed by atoms with van der Waals surface area (Å²) in [6.45, 7) is 3.86. The second-order valence-corrected chi connectivity index (χ2v) is 7.70. The van der Waals surface area contributed by atoms with Crippen LogP contribution in [-0.2, 0) is 16.2 Å². The number of benzene rings is 1. The van der Waals surface area contributed by atoms with Crippen LogP contribution in [0.2, 0.25) is 0 Å². The van der Waals surface area contributed by atoms with E-state index in [0.717, 1.165) is 43.7 Å². The van der Waals surface area contributed by atoms with E-state index in [-0.39, 0.29) is 29.3 Å². The lowest BCUT2D eigenvalue weighted by Gasteiger charge is -2.34. The highest BCUT2D eigenvalue weighted by Gasteiger charge is 2.31. The zero-order valence-corrected chi connectivity index (χ0v) is 14.2. The van der Waals surface area contributed by atoms with Crippen LogP contribution in [0.1, 0.15) is 25.3 Å². The molecule has 0 spiro atoms. The van der Waals surface area contributed by atoms with Gasteiger partial charge in [0.2, 0.25) is 10.0 Å². The first-order valence-corrected chi connectivity index (χ1v) is 8.48. The SMILES string of the molecule is CC1(CNS(=O)(=O)c2ccc(C(F)(F)F)cc2)CCCNC1.Cl. The van der Waals surface area contributed by atoms with Crippen LogP contribution >= 0.6 is 12.4 Å². The summed E-state index contributed by atoms with van der Waals surface area (Å²) >= 11 is 0. The summed E-state index contributed by atoms with van der Waals surface area (Å²) in [5.74, 6) is 0. The fourth-order valence-electron chi connectivity index (χ4n) is 2.45. The number of rotatable bonds is 4. The van der Waals surface area contributed by atoms with E-state index in [1.165, 1.54) is 0 Å². The molecule has 0 saturated carbocycles. The predicted octanol–water partition coefficient (Wildman–Crippen LogP) is 2.80. The van der Waals surface area contributed by atoms with Crippen molar-refractivity contribution in [2.75, 3.05) is 19.6 Å². The van der Waals surface area contributed by atoms with Gasteiger partial charge < -0.3 is 5.32 Å². The molecule has 4 nitrogen and oxygen atoms in total. The fraction of sp³-hybridized carbons (Fsp3) is 0.571. The van der Waals surface area contributed by atoms with Gasteiger partial charge in [-0.05, 0) is 49.1 Å². The second kappa shape index (κ2) is 7.38. The molecule has 0 aromatic heterocycles. The van der Waals surface area contributed by atoms with Gasteiger partial charge in [-0.1, -0.05) is 6.92 Å². The minimum atomic E-state index is -4.48. The molecule has 1 saturated heterocycles. The molecule has 23 heavy (non-hydrogen) atoms. The van der Waals surface area contributed by atoms with Gasteiger partial charge >= 0.3 is 6.18 Å². The Morgan fingerprint density at radius 1 is 1.26 bits per heavy atom. The maximum absolute atomic E-state index is 12.5. The van der Waals surface area contributed by atoms with Gasteiger partial charge in [0.1, 0.15) is 0 Å². The van der Waals surface area contributed by atoms with Crippen molar-refractivity contribution >= 4 is 22.4 Å². The molecule has 132 valence electrons. The molecule has 0 bridgehead atoms. The van der Waals surface area contributed by atoms with Crippen molar-refractivity contribution in [1.29, 1.82) is 0 Å². The Labute approximate surface area is 140 Å². The van der Waals surface area contributed by atoms with Gasteiger partial charge in [-0.15, -0.1) is 12.4 Å². The molecular weight excluding hydrogens is 353 g/mol. The van der Waals surface area contributed by atoms with E-state index in [1.807, 2.05) is 6.92 Å². The molecule has 1 fully saturated rings. The summed E-state index contributed by atoms with van der Waals surface area (Å²) in [4.78, 5) is -0.159. The number of piperidine rings is 1. The summed E-state index contributed by atoms with van der Waals surface area (Å²) in [6, 6.07) is 3.51. The Balaban J connectivity index is 0.00000264. The maximum Gasteiger partial charge on any atom is 0.416 e. The van der Waals surface area contributed by atoms with Gasteiger partial charge in [-0.3, -0.25) is 0 Å². The zero-order chi connectivity index (χ0) is 16.4. The average Bonchev–Trinajstić information content (AvgIpc) is 2.46. The van der Waals surface area contributed by atoms with E-state index in [1.54, 1.807) is 0 Å². The van der Waals surface area contributed by atoms with Crippen LogP contribution in [0.15, 0.2) is 29.2 Å². The molecule has 0 radical (unpaired) electrons. The number of alkyl halides is 3. The normalized spacial score (nSPS) is 22.4. The van der Waals surface area contributed by atoms with Gasteiger partial charge in [-0.25, -0.2) is 13.1 Å². The largest absolute Gasteiger partial charge is 0.416 e. The smallest absolute Gasteiger partial charge is 0.316 e. The number of hydrogen-bond donors (Lipinski definition) is 2. The molecule has 2 N–H and O–H groups in total. The molecule has 1 aliphatic rings.